The van der Waals surface area contributed by atoms with Gasteiger partial charge in [-0.1, -0.05) is 29.3 Å². The number of aliphatic carboxylic acids is 1. The molecule has 2 amide bonds. The average Bonchev–Trinajstić information content (AvgIpc) is 2.91. The van der Waals surface area contributed by atoms with E-state index in [2.05, 4.69) is 21.2 Å². The SMILES string of the molecule is CCOc1cc([C@H]2NC(=O)NC(C)=C2C(=O)OC)ccc1OC[C@H](O)N/N=C\c1cc(Cl)c(OCC(=O)O)c(Cl)c1. The number of esters is 1. The van der Waals surface area contributed by atoms with Crippen LogP contribution < -0.4 is 30.3 Å². The Balaban J connectivity index is 1.67. The summed E-state index contributed by atoms with van der Waals surface area (Å²) in [6, 6.07) is 6.53. The van der Waals surface area contributed by atoms with Gasteiger partial charge >= 0.3 is 18.0 Å². The molecule has 3 rings (SSSR count). The highest BCUT2D eigenvalue weighted by atomic mass is 35.5. The summed E-state index contributed by atoms with van der Waals surface area (Å²) in [6.07, 6.45) is 0.106. The maximum atomic E-state index is 12.4. The number of carboxylic acid groups (broad SMARTS) is 1. The lowest BCUT2D eigenvalue weighted by atomic mass is 9.95. The van der Waals surface area contributed by atoms with E-state index in [1.165, 1.54) is 25.5 Å². The standard InChI is InChI=1S/C26H28Cl2N4O9/c1-4-39-19-9-15(23-22(25(36)38-3)13(2)30-26(37)31-23)5-6-18(19)40-11-20(33)32-29-10-14-7-16(27)24(17(28)8-14)41-12-21(34)35/h5-10,20,23,32-33H,4,11-12H2,1-3H3,(H,34,35)(H2,30,31,37)/b29-10-/t20-,23+/m0/s1. The third kappa shape index (κ3) is 8.39. The summed E-state index contributed by atoms with van der Waals surface area (Å²) >= 11 is 12.2. The highest BCUT2D eigenvalue weighted by Gasteiger charge is 2.32. The summed E-state index contributed by atoms with van der Waals surface area (Å²) in [5.74, 6) is -1.12. The lowest BCUT2D eigenvalue weighted by molar-refractivity contribution is -0.139. The van der Waals surface area contributed by atoms with Crippen LogP contribution in [0.25, 0.3) is 0 Å². The Labute approximate surface area is 245 Å². The molecular weight excluding hydrogens is 583 g/mol. The van der Waals surface area contributed by atoms with E-state index in [0.717, 1.165) is 0 Å². The second kappa shape index (κ2) is 14.4. The monoisotopic (exact) mass is 610 g/mol. The van der Waals surface area contributed by atoms with Crippen molar-refractivity contribution in [3.8, 4) is 17.2 Å². The summed E-state index contributed by atoms with van der Waals surface area (Å²) in [5.41, 5.74) is 4.11. The highest BCUT2D eigenvalue weighted by Crippen LogP contribution is 2.35. The van der Waals surface area contributed by atoms with Crippen LogP contribution in [0.15, 0.2) is 46.7 Å². The smallest absolute Gasteiger partial charge is 0.341 e. The predicted octanol–water partition coefficient (Wildman–Crippen LogP) is 2.98. The van der Waals surface area contributed by atoms with Gasteiger partial charge < -0.3 is 39.8 Å². The van der Waals surface area contributed by atoms with Gasteiger partial charge in [-0.2, -0.15) is 5.10 Å². The van der Waals surface area contributed by atoms with Crippen molar-refractivity contribution in [2.24, 2.45) is 5.10 Å². The summed E-state index contributed by atoms with van der Waals surface area (Å²) in [4.78, 5) is 35.2. The van der Waals surface area contributed by atoms with E-state index in [4.69, 9.17) is 47.3 Å². The van der Waals surface area contributed by atoms with Gasteiger partial charge in [0.05, 0.1) is 41.6 Å². The van der Waals surface area contributed by atoms with Gasteiger partial charge in [0.25, 0.3) is 0 Å². The Morgan fingerprint density at radius 3 is 2.49 bits per heavy atom. The molecule has 0 aliphatic carbocycles. The maximum absolute atomic E-state index is 12.4. The molecule has 2 aromatic carbocycles. The van der Waals surface area contributed by atoms with Gasteiger partial charge in [0.1, 0.15) is 6.61 Å². The lowest BCUT2D eigenvalue weighted by Gasteiger charge is -2.28. The first-order chi connectivity index (χ1) is 19.5. The molecule has 0 bridgehead atoms. The van der Waals surface area contributed by atoms with E-state index in [1.807, 2.05) is 0 Å². The zero-order valence-electron chi connectivity index (χ0n) is 22.2. The predicted molar refractivity (Wildman–Crippen MR) is 149 cm³/mol. The van der Waals surface area contributed by atoms with Crippen molar-refractivity contribution < 1.29 is 43.5 Å². The minimum absolute atomic E-state index is 0.0283. The van der Waals surface area contributed by atoms with Gasteiger partial charge in [0, 0.05) is 5.70 Å². The molecule has 41 heavy (non-hydrogen) atoms. The molecule has 0 fully saturated rings. The van der Waals surface area contributed by atoms with Crippen molar-refractivity contribution in [1.29, 1.82) is 0 Å². The molecule has 0 saturated carbocycles. The van der Waals surface area contributed by atoms with Gasteiger partial charge in [-0.3, -0.25) is 5.43 Å². The molecule has 220 valence electrons. The Bertz CT molecular complexity index is 1340. The number of urea groups is 1. The first-order valence-electron chi connectivity index (χ1n) is 12.1. The first-order valence-corrected chi connectivity index (χ1v) is 12.9. The number of methoxy groups -OCH3 is 1. The molecule has 0 aromatic heterocycles. The molecule has 0 saturated heterocycles. The van der Waals surface area contributed by atoms with E-state index in [0.29, 0.717) is 34.9 Å². The number of carbonyl (C=O) groups excluding carboxylic acids is 2. The number of benzene rings is 2. The van der Waals surface area contributed by atoms with Crippen LogP contribution in [-0.4, -0.2) is 67.6 Å². The van der Waals surface area contributed by atoms with Gasteiger partial charge in [0.2, 0.25) is 0 Å². The second-order valence-electron chi connectivity index (χ2n) is 8.41. The highest BCUT2D eigenvalue weighted by molar-refractivity contribution is 6.37. The van der Waals surface area contributed by atoms with Crippen molar-refractivity contribution in [2.75, 3.05) is 26.9 Å². The molecule has 2 aromatic rings. The minimum Gasteiger partial charge on any atom is -0.490 e. The van der Waals surface area contributed by atoms with Crippen LogP contribution in [0, 0.1) is 0 Å². The maximum Gasteiger partial charge on any atom is 0.341 e. The number of carbonyl (C=O) groups is 3. The number of carboxylic acids is 1. The van der Waals surface area contributed by atoms with Crippen molar-refractivity contribution in [3.05, 3.63) is 62.8 Å². The Morgan fingerprint density at radius 2 is 1.85 bits per heavy atom. The Hall–Kier alpha value is -4.20. The number of ether oxygens (including phenoxy) is 4. The molecule has 0 spiro atoms. The fourth-order valence-corrected chi connectivity index (χ4v) is 4.36. The van der Waals surface area contributed by atoms with Crippen LogP contribution in [0.4, 0.5) is 4.79 Å². The van der Waals surface area contributed by atoms with Crippen LogP contribution in [0.1, 0.15) is 31.0 Å². The van der Waals surface area contributed by atoms with Gasteiger partial charge in [-0.05, 0) is 49.2 Å². The van der Waals surface area contributed by atoms with Crippen molar-refractivity contribution in [2.45, 2.75) is 26.1 Å². The van der Waals surface area contributed by atoms with E-state index in [-0.39, 0.29) is 28.0 Å². The van der Waals surface area contributed by atoms with Crippen molar-refractivity contribution >= 4 is 47.4 Å². The topological polar surface area (TPSA) is 177 Å². The number of nitrogens with one attached hydrogen (secondary N) is 3. The third-order valence-electron chi connectivity index (χ3n) is 5.47. The number of allylic oxidation sites excluding steroid dienone is 1. The quantitative estimate of drug-likeness (QED) is 0.0980. The van der Waals surface area contributed by atoms with E-state index < -0.39 is 36.8 Å². The summed E-state index contributed by atoms with van der Waals surface area (Å²) < 4.78 is 21.4. The number of aliphatic hydroxyl groups excluding tert-OH is 1. The number of hydrogen-bond donors (Lipinski definition) is 5. The molecule has 2 atom stereocenters. The van der Waals surface area contributed by atoms with E-state index >= 15 is 0 Å². The summed E-state index contributed by atoms with van der Waals surface area (Å²) in [6.45, 7) is 2.85. The van der Waals surface area contributed by atoms with Gasteiger partial charge in [-0.25, -0.2) is 14.4 Å². The van der Waals surface area contributed by atoms with Crippen LogP contribution >= 0.6 is 23.2 Å². The normalized spacial score (nSPS) is 15.6. The number of halogens is 2. The van der Waals surface area contributed by atoms with Crippen molar-refractivity contribution in [1.82, 2.24) is 16.1 Å². The summed E-state index contributed by atoms with van der Waals surface area (Å²) in [7, 11) is 1.25. The van der Waals surface area contributed by atoms with Gasteiger partial charge in [-0.15, -0.1) is 0 Å². The zero-order chi connectivity index (χ0) is 30.1. The van der Waals surface area contributed by atoms with E-state index in [1.54, 1.807) is 32.0 Å². The van der Waals surface area contributed by atoms with Crippen molar-refractivity contribution in [3.63, 3.8) is 0 Å². The molecule has 13 nitrogen and oxygen atoms in total. The van der Waals surface area contributed by atoms with Crippen LogP contribution in [0.5, 0.6) is 17.2 Å². The average molecular weight is 611 g/mol. The van der Waals surface area contributed by atoms with Crippen LogP contribution in [-0.2, 0) is 14.3 Å². The largest absolute Gasteiger partial charge is 0.490 e. The number of hydrazone groups is 1. The number of hydrogen-bond acceptors (Lipinski definition) is 10. The zero-order valence-corrected chi connectivity index (χ0v) is 23.7. The van der Waals surface area contributed by atoms with Gasteiger partial charge in [0.15, 0.2) is 30.1 Å². The summed E-state index contributed by atoms with van der Waals surface area (Å²) in [5, 5.41) is 28.4. The molecule has 1 aliphatic rings. The minimum atomic E-state index is -1.23. The first kappa shape index (κ1) is 31.3. The number of rotatable bonds is 13. The molecule has 5 N–H and O–H groups in total. The molecule has 1 aliphatic heterocycles. The molecule has 15 heteroatoms. The van der Waals surface area contributed by atoms with Crippen LogP contribution in [0.2, 0.25) is 10.0 Å². The lowest BCUT2D eigenvalue weighted by Crippen LogP contribution is -2.45. The fraction of sp³-hybridized carbons (Fsp3) is 0.308. The molecular formula is C26H28Cl2N4O9. The van der Waals surface area contributed by atoms with E-state index in [9.17, 15) is 19.5 Å². The second-order valence-corrected chi connectivity index (χ2v) is 9.23. The third-order valence-corrected chi connectivity index (χ3v) is 6.03. The Morgan fingerprint density at radius 1 is 1.15 bits per heavy atom. The molecule has 0 radical (unpaired) electrons. The number of amides is 2. The fourth-order valence-electron chi connectivity index (χ4n) is 3.75. The number of aliphatic hydroxyl groups is 1. The molecule has 0 unspecified atom stereocenters. The van der Waals surface area contributed by atoms with Crippen LogP contribution in [0.3, 0.4) is 0 Å². The molecule has 1 heterocycles. The number of nitrogens with zero attached hydrogens (tertiary/aromatic N) is 1. The Kier molecular flexibility index (Phi) is 11.0.